The molecule has 7 N–H and O–H groups in total. The van der Waals surface area contributed by atoms with Crippen LogP contribution < -0.4 is 10.5 Å². The Labute approximate surface area is 264 Å². The summed E-state index contributed by atoms with van der Waals surface area (Å²) in [6, 6.07) is 3.85. The number of hydrogen-bond acceptors (Lipinski definition) is 13. The van der Waals surface area contributed by atoms with Gasteiger partial charge in [0, 0.05) is 47.9 Å². The molecule has 0 saturated carbocycles. The van der Waals surface area contributed by atoms with Gasteiger partial charge in [0.1, 0.15) is 29.0 Å². The number of aromatic hydroxyl groups is 2. The first-order valence-corrected chi connectivity index (χ1v) is 15.4. The number of methoxy groups -OCH3 is 1. The van der Waals surface area contributed by atoms with Crippen molar-refractivity contribution >= 4 is 17.3 Å². The highest BCUT2D eigenvalue weighted by molar-refractivity contribution is 6.31. The highest BCUT2D eigenvalue weighted by Gasteiger charge is 2.52. The Bertz CT molecular complexity index is 1580. The fourth-order valence-corrected chi connectivity index (χ4v) is 7.52. The Kier molecular flexibility index (Phi) is 8.25. The van der Waals surface area contributed by atoms with Crippen molar-refractivity contribution in [3.8, 4) is 17.2 Å². The van der Waals surface area contributed by atoms with E-state index in [4.69, 9.17) is 24.7 Å². The number of nitrogens with two attached hydrogens (primary N) is 1. The van der Waals surface area contributed by atoms with Crippen LogP contribution in [-0.4, -0.2) is 105 Å². The van der Waals surface area contributed by atoms with E-state index < -0.39 is 107 Å². The lowest BCUT2D eigenvalue weighted by Crippen LogP contribution is -2.56. The van der Waals surface area contributed by atoms with Gasteiger partial charge in [-0.2, -0.15) is 0 Å². The molecule has 4 aliphatic rings. The lowest BCUT2D eigenvalue weighted by Gasteiger charge is -2.47. The number of hydrogen-bond donors (Lipinski definition) is 6. The topological polar surface area (TPSA) is 215 Å². The van der Waals surface area contributed by atoms with Gasteiger partial charge in [-0.1, -0.05) is 12.1 Å². The van der Waals surface area contributed by atoms with Gasteiger partial charge >= 0.3 is 0 Å². The predicted octanol–water partition coefficient (Wildman–Crippen LogP) is 0.978. The molecule has 0 spiro atoms. The molecule has 2 aromatic carbocycles. The molecule has 46 heavy (non-hydrogen) atoms. The molecular formula is C33H39NO12. The van der Waals surface area contributed by atoms with Crippen LogP contribution in [0.3, 0.4) is 0 Å². The van der Waals surface area contributed by atoms with E-state index >= 15 is 0 Å². The number of rotatable bonds is 5. The number of carbonyl (C=O) groups excluding carboxylic acids is 3. The zero-order valence-electron chi connectivity index (χ0n) is 25.9. The van der Waals surface area contributed by atoms with Crippen LogP contribution in [0.25, 0.3) is 0 Å². The van der Waals surface area contributed by atoms with Gasteiger partial charge in [-0.05, 0) is 33.3 Å². The van der Waals surface area contributed by atoms with Crippen molar-refractivity contribution in [2.45, 2.75) is 107 Å². The summed E-state index contributed by atoms with van der Waals surface area (Å²) in [5, 5.41) is 56.3. The number of phenols is 2. The minimum atomic E-state index is -2.01. The second-order valence-corrected chi connectivity index (χ2v) is 12.9. The average molecular weight is 642 g/mol. The van der Waals surface area contributed by atoms with Crippen LogP contribution in [0.1, 0.15) is 88.9 Å². The predicted molar refractivity (Wildman–Crippen MR) is 159 cm³/mol. The summed E-state index contributed by atoms with van der Waals surface area (Å²) in [7, 11) is 1.34. The molecule has 2 heterocycles. The molecule has 0 bridgehead atoms. The van der Waals surface area contributed by atoms with Crippen LogP contribution in [0.5, 0.6) is 17.2 Å². The van der Waals surface area contributed by atoms with Gasteiger partial charge in [0.25, 0.3) is 0 Å². The summed E-state index contributed by atoms with van der Waals surface area (Å²) in [5.74, 6) is -4.14. The van der Waals surface area contributed by atoms with E-state index in [9.17, 15) is 39.9 Å². The number of ether oxygens (including phenoxy) is 4. The first kappa shape index (κ1) is 32.5. The summed E-state index contributed by atoms with van der Waals surface area (Å²) in [5.41, 5.74) is 3.10. The fraction of sp³-hybridized carbons (Fsp3) is 0.545. The monoisotopic (exact) mass is 641 g/mol. The summed E-state index contributed by atoms with van der Waals surface area (Å²) < 4.78 is 23.4. The first-order valence-electron chi connectivity index (χ1n) is 15.4. The van der Waals surface area contributed by atoms with Gasteiger partial charge in [0.05, 0.1) is 54.3 Å². The normalized spacial score (nSPS) is 35.6. The number of fused-ring (bicyclic) bond motifs is 3. The van der Waals surface area contributed by atoms with Crippen molar-refractivity contribution in [1.82, 2.24) is 0 Å². The highest BCUT2D eigenvalue weighted by atomic mass is 16.7. The number of benzene rings is 2. The van der Waals surface area contributed by atoms with E-state index in [0.29, 0.717) is 0 Å². The van der Waals surface area contributed by atoms with Crippen LogP contribution in [0, 0.1) is 0 Å². The van der Waals surface area contributed by atoms with Gasteiger partial charge in [-0.25, -0.2) is 0 Å². The molecule has 0 unspecified atom stereocenters. The molecule has 10 atom stereocenters. The SMILES string of the molecule is COc1cccc2c1C(=O)c1c(O)c3c(c(O)c1C2=O)C[C@](O)(C(C)=O)C[C@@H]3[C@H]1C[C@@H](O)[C@@H](O[C@H]2C[C@H](N)[C@H](O)[C@H](C)O2)[C@H](C)O1. The van der Waals surface area contributed by atoms with E-state index in [1.165, 1.54) is 32.2 Å². The maximum atomic E-state index is 13.9. The lowest BCUT2D eigenvalue weighted by molar-refractivity contribution is -0.282. The Balaban J connectivity index is 1.39. The summed E-state index contributed by atoms with van der Waals surface area (Å²) in [6.45, 7) is 4.53. The van der Waals surface area contributed by atoms with Crippen molar-refractivity contribution in [2.24, 2.45) is 5.73 Å². The number of Topliss-reactive ketones (excluding diaryl/α,β-unsaturated/α-hetero) is 1. The number of aliphatic hydroxyl groups excluding tert-OH is 2. The summed E-state index contributed by atoms with van der Waals surface area (Å²) >= 11 is 0. The third-order valence-electron chi connectivity index (χ3n) is 10.0. The maximum Gasteiger partial charge on any atom is 0.202 e. The van der Waals surface area contributed by atoms with Crippen molar-refractivity contribution < 1.29 is 58.9 Å². The van der Waals surface area contributed by atoms with E-state index in [1.807, 2.05) is 0 Å². The molecule has 2 aliphatic heterocycles. The Hall–Kier alpha value is -3.43. The van der Waals surface area contributed by atoms with E-state index in [1.54, 1.807) is 13.8 Å². The minimum absolute atomic E-state index is 0.0221. The smallest absolute Gasteiger partial charge is 0.202 e. The third kappa shape index (κ3) is 5.01. The van der Waals surface area contributed by atoms with E-state index in [0.717, 1.165) is 0 Å². The van der Waals surface area contributed by atoms with Gasteiger partial charge in [0.2, 0.25) is 5.78 Å². The number of carbonyl (C=O) groups is 3. The highest BCUT2D eigenvalue weighted by Crippen LogP contribution is 2.54. The standard InChI is InChI=1S/C33H39NO12/c1-12-27(37)18(34)8-22(45-12)46-32-13(2)44-21(9-19(32)36)16-10-33(42,14(3)35)11-17-23(16)30(40)26-25(29(17)39)28(38)15-6-5-7-20(43-4)24(15)31(26)41/h5-7,12-13,16,18-19,21-22,27,32,36-37,39-40,42H,8-11,34H2,1-4H3/t12-,13-,16+,18-,19+,21+,22-,27+,32-,33-/m0/s1. The molecule has 13 heteroatoms. The Morgan fingerprint density at radius 3 is 2.33 bits per heavy atom. The van der Waals surface area contributed by atoms with Crippen LogP contribution in [0.4, 0.5) is 0 Å². The van der Waals surface area contributed by atoms with Crippen LogP contribution >= 0.6 is 0 Å². The number of ketones is 3. The second kappa shape index (κ2) is 11.7. The quantitative estimate of drug-likeness (QED) is 0.215. The van der Waals surface area contributed by atoms with Crippen LogP contribution in [0.15, 0.2) is 18.2 Å². The maximum absolute atomic E-state index is 13.9. The van der Waals surface area contributed by atoms with E-state index in [2.05, 4.69) is 0 Å². The Morgan fingerprint density at radius 1 is 1.00 bits per heavy atom. The van der Waals surface area contributed by atoms with E-state index in [-0.39, 0.29) is 47.3 Å². The molecular weight excluding hydrogens is 602 g/mol. The summed E-state index contributed by atoms with van der Waals surface area (Å²) in [4.78, 5) is 40.4. The zero-order chi connectivity index (χ0) is 33.4. The second-order valence-electron chi connectivity index (χ2n) is 12.9. The molecule has 2 saturated heterocycles. The van der Waals surface area contributed by atoms with Crippen molar-refractivity contribution in [2.75, 3.05) is 7.11 Å². The number of aliphatic hydroxyl groups is 3. The molecule has 2 aliphatic carbocycles. The molecule has 6 rings (SSSR count). The Morgan fingerprint density at radius 2 is 1.70 bits per heavy atom. The van der Waals surface area contributed by atoms with Crippen molar-refractivity contribution in [3.05, 3.63) is 51.6 Å². The van der Waals surface area contributed by atoms with Gasteiger partial charge < -0.3 is 50.2 Å². The zero-order valence-corrected chi connectivity index (χ0v) is 25.9. The third-order valence-corrected chi connectivity index (χ3v) is 10.0. The van der Waals surface area contributed by atoms with Crippen molar-refractivity contribution in [1.29, 1.82) is 0 Å². The largest absolute Gasteiger partial charge is 0.507 e. The van der Waals surface area contributed by atoms with Gasteiger partial charge in [0.15, 0.2) is 17.9 Å². The van der Waals surface area contributed by atoms with Gasteiger partial charge in [-0.3, -0.25) is 14.4 Å². The van der Waals surface area contributed by atoms with Gasteiger partial charge in [-0.15, -0.1) is 0 Å². The fourth-order valence-electron chi connectivity index (χ4n) is 7.52. The summed E-state index contributed by atoms with van der Waals surface area (Å²) in [6.07, 6.45) is -6.55. The molecule has 248 valence electrons. The molecule has 0 radical (unpaired) electrons. The average Bonchev–Trinajstić information content (AvgIpc) is 3.01. The van der Waals surface area contributed by atoms with Crippen molar-refractivity contribution in [3.63, 3.8) is 0 Å². The first-order chi connectivity index (χ1) is 21.7. The molecule has 2 aromatic rings. The van der Waals surface area contributed by atoms with Crippen LogP contribution in [-0.2, 0) is 25.4 Å². The lowest BCUT2D eigenvalue weighted by atomic mass is 9.66. The molecule has 2 fully saturated rings. The molecule has 0 amide bonds. The molecule has 0 aromatic heterocycles. The number of phenolic OH excluding ortho intramolecular Hbond substituents is 2. The van der Waals surface area contributed by atoms with Crippen LogP contribution in [0.2, 0.25) is 0 Å². The minimum Gasteiger partial charge on any atom is -0.507 e. The molecule has 13 nitrogen and oxygen atoms in total.